The lowest BCUT2D eigenvalue weighted by molar-refractivity contribution is -0.116. The van der Waals surface area contributed by atoms with Crippen molar-refractivity contribution in [1.29, 1.82) is 0 Å². The summed E-state index contributed by atoms with van der Waals surface area (Å²) in [5.74, 6) is 0.104. The SMILES string of the molecule is CNCCCC(=O)Nc1ccc(C(=O)NCC(C)C)c(Cl)c1.Cl. The number of benzene rings is 1. The second-order valence-corrected chi connectivity index (χ2v) is 5.96. The number of nitrogens with one attached hydrogen (secondary N) is 3. The van der Waals surface area contributed by atoms with Crippen LogP contribution >= 0.6 is 24.0 Å². The molecule has 0 saturated heterocycles. The van der Waals surface area contributed by atoms with Crippen LogP contribution < -0.4 is 16.0 Å². The summed E-state index contributed by atoms with van der Waals surface area (Å²) in [6.07, 6.45) is 1.21. The van der Waals surface area contributed by atoms with Gasteiger partial charge in [0, 0.05) is 18.7 Å². The Morgan fingerprint density at radius 1 is 1.26 bits per heavy atom. The van der Waals surface area contributed by atoms with E-state index < -0.39 is 0 Å². The highest BCUT2D eigenvalue weighted by Gasteiger charge is 2.12. The maximum absolute atomic E-state index is 12.0. The molecule has 0 aliphatic rings. The Labute approximate surface area is 149 Å². The molecule has 0 atom stereocenters. The molecular formula is C16H25Cl2N3O2. The van der Waals surface area contributed by atoms with E-state index >= 15 is 0 Å². The molecule has 0 spiro atoms. The molecule has 0 unspecified atom stereocenters. The Morgan fingerprint density at radius 3 is 2.52 bits per heavy atom. The van der Waals surface area contributed by atoms with Gasteiger partial charge in [0.1, 0.15) is 0 Å². The number of hydrogen-bond acceptors (Lipinski definition) is 3. The largest absolute Gasteiger partial charge is 0.352 e. The van der Waals surface area contributed by atoms with Gasteiger partial charge in [0.25, 0.3) is 5.91 Å². The van der Waals surface area contributed by atoms with Gasteiger partial charge in [0.2, 0.25) is 5.91 Å². The van der Waals surface area contributed by atoms with Gasteiger partial charge in [-0.1, -0.05) is 25.4 Å². The van der Waals surface area contributed by atoms with Crippen LogP contribution in [0.4, 0.5) is 5.69 Å². The molecule has 0 saturated carbocycles. The zero-order chi connectivity index (χ0) is 16.5. The van der Waals surface area contributed by atoms with Crippen molar-refractivity contribution >= 4 is 41.5 Å². The van der Waals surface area contributed by atoms with Crippen molar-refractivity contribution in [3.8, 4) is 0 Å². The second-order valence-electron chi connectivity index (χ2n) is 5.55. The Hall–Kier alpha value is -1.30. The first kappa shape index (κ1) is 21.7. The smallest absolute Gasteiger partial charge is 0.252 e. The highest BCUT2D eigenvalue weighted by atomic mass is 35.5. The van der Waals surface area contributed by atoms with E-state index in [0.29, 0.717) is 35.2 Å². The number of amides is 2. The zero-order valence-corrected chi connectivity index (χ0v) is 15.3. The molecule has 0 fully saturated rings. The number of anilines is 1. The van der Waals surface area contributed by atoms with Crippen LogP contribution in [0.1, 0.15) is 37.0 Å². The summed E-state index contributed by atoms with van der Waals surface area (Å²) >= 11 is 6.13. The minimum atomic E-state index is -0.203. The van der Waals surface area contributed by atoms with E-state index in [1.165, 1.54) is 0 Å². The summed E-state index contributed by atoms with van der Waals surface area (Å²) in [4.78, 5) is 23.7. The molecule has 2 amide bonds. The molecular weight excluding hydrogens is 337 g/mol. The van der Waals surface area contributed by atoms with Crippen LogP contribution in [0.25, 0.3) is 0 Å². The maximum atomic E-state index is 12.0. The van der Waals surface area contributed by atoms with Crippen LogP contribution in [0.2, 0.25) is 5.02 Å². The fraction of sp³-hybridized carbons (Fsp3) is 0.500. The van der Waals surface area contributed by atoms with Gasteiger partial charge < -0.3 is 16.0 Å². The van der Waals surface area contributed by atoms with Gasteiger partial charge in [-0.25, -0.2) is 0 Å². The average Bonchev–Trinajstić information content (AvgIpc) is 2.45. The highest BCUT2D eigenvalue weighted by molar-refractivity contribution is 6.34. The van der Waals surface area contributed by atoms with Crippen LogP contribution in [0.15, 0.2) is 18.2 Å². The van der Waals surface area contributed by atoms with E-state index in [9.17, 15) is 9.59 Å². The summed E-state index contributed by atoms with van der Waals surface area (Å²) in [6, 6.07) is 4.91. The summed E-state index contributed by atoms with van der Waals surface area (Å²) < 4.78 is 0. The number of halogens is 2. The van der Waals surface area contributed by atoms with Crippen LogP contribution in [0.3, 0.4) is 0 Å². The van der Waals surface area contributed by atoms with Gasteiger partial charge in [-0.15, -0.1) is 12.4 Å². The first-order chi connectivity index (χ1) is 10.4. The third kappa shape index (κ3) is 8.21. The lowest BCUT2D eigenvalue weighted by atomic mass is 10.1. The van der Waals surface area contributed by atoms with Gasteiger partial charge in [-0.05, 0) is 44.1 Å². The molecule has 1 aromatic rings. The van der Waals surface area contributed by atoms with Crippen molar-refractivity contribution in [2.45, 2.75) is 26.7 Å². The minimum absolute atomic E-state index is 0. The molecule has 5 nitrogen and oxygen atoms in total. The zero-order valence-electron chi connectivity index (χ0n) is 13.7. The number of rotatable bonds is 8. The monoisotopic (exact) mass is 361 g/mol. The first-order valence-electron chi connectivity index (χ1n) is 7.46. The second kappa shape index (κ2) is 11.3. The van der Waals surface area contributed by atoms with Crippen molar-refractivity contribution in [3.05, 3.63) is 28.8 Å². The van der Waals surface area contributed by atoms with Gasteiger partial charge in [0.15, 0.2) is 0 Å². The van der Waals surface area contributed by atoms with Crippen molar-refractivity contribution in [2.75, 3.05) is 25.5 Å². The van der Waals surface area contributed by atoms with Crippen molar-refractivity contribution in [2.24, 2.45) is 5.92 Å². The van der Waals surface area contributed by atoms with E-state index in [0.717, 1.165) is 13.0 Å². The van der Waals surface area contributed by atoms with E-state index in [1.54, 1.807) is 18.2 Å². The van der Waals surface area contributed by atoms with Gasteiger partial charge in [0.05, 0.1) is 10.6 Å². The van der Waals surface area contributed by atoms with Crippen LogP contribution in [-0.4, -0.2) is 32.0 Å². The normalized spacial score (nSPS) is 10.1. The molecule has 0 radical (unpaired) electrons. The molecule has 0 aliphatic carbocycles. The summed E-state index contributed by atoms with van der Waals surface area (Å²) in [5, 5.41) is 8.91. The van der Waals surface area contributed by atoms with Crippen LogP contribution in [-0.2, 0) is 4.79 Å². The van der Waals surface area contributed by atoms with E-state index in [1.807, 2.05) is 20.9 Å². The van der Waals surface area contributed by atoms with Crippen LogP contribution in [0.5, 0.6) is 0 Å². The third-order valence-electron chi connectivity index (χ3n) is 3.00. The molecule has 130 valence electrons. The lowest BCUT2D eigenvalue weighted by Gasteiger charge is -2.10. The standard InChI is InChI=1S/C16H24ClN3O2.ClH/c1-11(2)10-19-16(22)13-7-6-12(9-14(13)17)20-15(21)5-4-8-18-3;/h6-7,9,11,18H,4-5,8,10H2,1-3H3,(H,19,22)(H,20,21);1H. The average molecular weight is 362 g/mol. The topological polar surface area (TPSA) is 70.2 Å². The molecule has 0 aromatic heterocycles. The van der Waals surface area contributed by atoms with Crippen molar-refractivity contribution in [3.63, 3.8) is 0 Å². The molecule has 23 heavy (non-hydrogen) atoms. The maximum Gasteiger partial charge on any atom is 0.252 e. The lowest BCUT2D eigenvalue weighted by Crippen LogP contribution is -2.27. The molecule has 1 aromatic carbocycles. The molecule has 0 bridgehead atoms. The van der Waals surface area contributed by atoms with Gasteiger partial charge in [-0.3, -0.25) is 9.59 Å². The van der Waals surface area contributed by atoms with E-state index in [2.05, 4.69) is 16.0 Å². The minimum Gasteiger partial charge on any atom is -0.352 e. The number of carbonyl (C=O) groups is 2. The summed E-state index contributed by atoms with van der Waals surface area (Å²) in [5.41, 5.74) is 1.01. The van der Waals surface area contributed by atoms with Gasteiger partial charge >= 0.3 is 0 Å². The fourth-order valence-electron chi connectivity index (χ4n) is 1.82. The van der Waals surface area contributed by atoms with Crippen molar-refractivity contribution in [1.82, 2.24) is 10.6 Å². The first-order valence-corrected chi connectivity index (χ1v) is 7.84. The number of hydrogen-bond donors (Lipinski definition) is 3. The summed E-state index contributed by atoms with van der Waals surface area (Å²) in [7, 11) is 1.85. The van der Waals surface area contributed by atoms with Crippen molar-refractivity contribution < 1.29 is 9.59 Å². The Balaban J connectivity index is 0.00000484. The Morgan fingerprint density at radius 2 is 1.96 bits per heavy atom. The molecule has 1 rings (SSSR count). The van der Waals surface area contributed by atoms with E-state index in [4.69, 9.17) is 11.6 Å². The highest BCUT2D eigenvalue weighted by Crippen LogP contribution is 2.21. The third-order valence-corrected chi connectivity index (χ3v) is 3.31. The molecule has 0 heterocycles. The fourth-order valence-corrected chi connectivity index (χ4v) is 2.08. The Bertz CT molecular complexity index is 522. The predicted molar refractivity (Wildman–Crippen MR) is 97.7 cm³/mol. The predicted octanol–water partition coefficient (Wildman–Crippen LogP) is 3.09. The number of carbonyl (C=O) groups excluding carboxylic acids is 2. The van der Waals surface area contributed by atoms with Crippen LogP contribution in [0, 0.1) is 5.92 Å². The van der Waals surface area contributed by atoms with E-state index in [-0.39, 0.29) is 24.2 Å². The van der Waals surface area contributed by atoms with Gasteiger partial charge in [-0.2, -0.15) is 0 Å². The Kier molecular flexibility index (Phi) is 10.6. The molecule has 7 heteroatoms. The quantitative estimate of drug-likeness (QED) is 0.623. The molecule has 0 aliphatic heterocycles. The molecule has 3 N–H and O–H groups in total. The summed E-state index contributed by atoms with van der Waals surface area (Å²) in [6.45, 7) is 5.44.